The van der Waals surface area contributed by atoms with Crippen LogP contribution in [0, 0.1) is 5.92 Å². The fourth-order valence-electron chi connectivity index (χ4n) is 2.88. The quantitative estimate of drug-likeness (QED) is 0.813. The summed E-state index contributed by atoms with van der Waals surface area (Å²) in [5.41, 5.74) is 1.89. The van der Waals surface area contributed by atoms with Gasteiger partial charge in [-0.15, -0.1) is 0 Å². The second-order valence-corrected chi connectivity index (χ2v) is 6.09. The summed E-state index contributed by atoms with van der Waals surface area (Å²) in [6, 6.07) is 10.5. The highest BCUT2D eigenvalue weighted by molar-refractivity contribution is 5.15. The Morgan fingerprint density at radius 3 is 2.74 bits per heavy atom. The zero-order valence-electron chi connectivity index (χ0n) is 12.0. The van der Waals surface area contributed by atoms with Gasteiger partial charge in [0.25, 0.3) is 0 Å². The Kier molecular flexibility index (Phi) is 4.43. The predicted octanol–water partition coefficient (Wildman–Crippen LogP) is 3.27. The van der Waals surface area contributed by atoms with Gasteiger partial charge in [0.2, 0.25) is 0 Å². The number of aliphatic hydroxyl groups is 1. The minimum absolute atomic E-state index is 0.142. The van der Waals surface area contributed by atoms with Crippen LogP contribution in [0.15, 0.2) is 42.5 Å². The normalized spacial score (nSPS) is 31.1. The molecule has 0 unspecified atom stereocenters. The summed E-state index contributed by atoms with van der Waals surface area (Å²) in [6.07, 6.45) is 2.87. The van der Waals surface area contributed by atoms with Gasteiger partial charge in [0, 0.05) is 12.6 Å². The third kappa shape index (κ3) is 3.68. The van der Waals surface area contributed by atoms with Crippen molar-refractivity contribution in [3.05, 3.63) is 48.0 Å². The number of benzene rings is 1. The Morgan fingerprint density at radius 1 is 1.42 bits per heavy atom. The van der Waals surface area contributed by atoms with E-state index >= 15 is 0 Å². The van der Waals surface area contributed by atoms with Gasteiger partial charge in [-0.2, -0.15) is 0 Å². The molecule has 0 aromatic heterocycles. The van der Waals surface area contributed by atoms with Gasteiger partial charge in [0.05, 0.1) is 5.60 Å². The standard InChI is InChI=1S/C17H25NO/c1-13(2)15-9-10-17(3,19)16(11-15)18-12-14-7-5-4-6-8-14/h4-8,15-16,18-19H,1,9-12H2,2-3H3/t15-,16+,17+/m0/s1. The first kappa shape index (κ1) is 14.3. The molecule has 0 aliphatic heterocycles. The Labute approximate surface area is 116 Å². The van der Waals surface area contributed by atoms with Crippen LogP contribution in [0.5, 0.6) is 0 Å². The molecular formula is C17H25NO. The van der Waals surface area contributed by atoms with E-state index in [1.807, 2.05) is 25.1 Å². The van der Waals surface area contributed by atoms with Crippen LogP contribution >= 0.6 is 0 Å². The van der Waals surface area contributed by atoms with E-state index in [0.29, 0.717) is 5.92 Å². The van der Waals surface area contributed by atoms with E-state index in [0.717, 1.165) is 25.8 Å². The molecule has 1 aromatic rings. The van der Waals surface area contributed by atoms with Crippen LogP contribution in [0.25, 0.3) is 0 Å². The molecule has 0 radical (unpaired) electrons. The zero-order valence-corrected chi connectivity index (χ0v) is 12.0. The van der Waals surface area contributed by atoms with Gasteiger partial charge in [0.1, 0.15) is 0 Å². The summed E-state index contributed by atoms with van der Waals surface area (Å²) in [4.78, 5) is 0. The smallest absolute Gasteiger partial charge is 0.0772 e. The number of hydrogen-bond donors (Lipinski definition) is 2. The van der Waals surface area contributed by atoms with E-state index in [9.17, 15) is 5.11 Å². The highest BCUT2D eigenvalue weighted by atomic mass is 16.3. The molecule has 1 aliphatic carbocycles. The van der Waals surface area contributed by atoms with Gasteiger partial charge in [0.15, 0.2) is 0 Å². The SMILES string of the molecule is C=C(C)[C@H]1CC[C@@](C)(O)[C@H](NCc2ccccc2)C1. The summed E-state index contributed by atoms with van der Waals surface area (Å²) in [7, 11) is 0. The van der Waals surface area contributed by atoms with Crippen molar-refractivity contribution in [2.75, 3.05) is 0 Å². The van der Waals surface area contributed by atoms with Crippen LogP contribution < -0.4 is 5.32 Å². The van der Waals surface area contributed by atoms with Crippen LogP contribution in [0.1, 0.15) is 38.7 Å². The van der Waals surface area contributed by atoms with Gasteiger partial charge in [-0.3, -0.25) is 0 Å². The van der Waals surface area contributed by atoms with Crippen molar-refractivity contribution in [2.24, 2.45) is 5.92 Å². The Morgan fingerprint density at radius 2 is 2.11 bits per heavy atom. The number of rotatable bonds is 4. The van der Waals surface area contributed by atoms with Gasteiger partial charge >= 0.3 is 0 Å². The zero-order chi connectivity index (χ0) is 13.9. The van der Waals surface area contributed by atoms with Crippen molar-refractivity contribution in [1.82, 2.24) is 5.32 Å². The molecule has 0 heterocycles. The third-order valence-electron chi connectivity index (χ3n) is 4.36. The molecule has 3 atom stereocenters. The summed E-state index contributed by atoms with van der Waals surface area (Å²) in [5, 5.41) is 14.0. The van der Waals surface area contributed by atoms with Crippen LogP contribution in [-0.2, 0) is 6.54 Å². The van der Waals surface area contributed by atoms with Crippen LogP contribution in [0.4, 0.5) is 0 Å². The summed E-state index contributed by atoms with van der Waals surface area (Å²) < 4.78 is 0. The maximum atomic E-state index is 10.5. The minimum atomic E-state index is -0.610. The van der Waals surface area contributed by atoms with Gasteiger partial charge in [-0.05, 0) is 44.6 Å². The van der Waals surface area contributed by atoms with E-state index in [1.165, 1.54) is 11.1 Å². The first-order valence-electron chi connectivity index (χ1n) is 7.14. The van der Waals surface area contributed by atoms with Crippen LogP contribution in [0.2, 0.25) is 0 Å². The lowest BCUT2D eigenvalue weighted by Gasteiger charge is -2.41. The first-order chi connectivity index (χ1) is 8.99. The second-order valence-electron chi connectivity index (χ2n) is 6.09. The molecule has 1 aromatic carbocycles. The van der Waals surface area contributed by atoms with E-state index in [2.05, 4.69) is 31.0 Å². The monoisotopic (exact) mass is 259 g/mol. The summed E-state index contributed by atoms with van der Waals surface area (Å²) >= 11 is 0. The highest BCUT2D eigenvalue weighted by Gasteiger charge is 2.38. The lowest BCUT2D eigenvalue weighted by molar-refractivity contribution is -0.0205. The lowest BCUT2D eigenvalue weighted by atomic mass is 9.74. The van der Waals surface area contributed by atoms with Crippen molar-refractivity contribution in [3.63, 3.8) is 0 Å². The van der Waals surface area contributed by atoms with Crippen LogP contribution in [-0.4, -0.2) is 16.7 Å². The average Bonchev–Trinajstić information content (AvgIpc) is 2.38. The second kappa shape index (κ2) is 5.89. The number of allylic oxidation sites excluding steroid dienone is 1. The van der Waals surface area contributed by atoms with Gasteiger partial charge in [-0.25, -0.2) is 0 Å². The van der Waals surface area contributed by atoms with Crippen molar-refractivity contribution < 1.29 is 5.11 Å². The topological polar surface area (TPSA) is 32.3 Å². The fourth-order valence-corrected chi connectivity index (χ4v) is 2.88. The molecule has 1 aliphatic rings. The summed E-state index contributed by atoms with van der Waals surface area (Å²) in [6.45, 7) is 8.92. The predicted molar refractivity (Wildman–Crippen MR) is 79.8 cm³/mol. The van der Waals surface area contributed by atoms with Gasteiger partial charge in [-0.1, -0.05) is 42.5 Å². The highest BCUT2D eigenvalue weighted by Crippen LogP contribution is 2.35. The average molecular weight is 259 g/mol. The van der Waals surface area contributed by atoms with Gasteiger partial charge < -0.3 is 10.4 Å². The molecule has 104 valence electrons. The fraction of sp³-hybridized carbons (Fsp3) is 0.529. The van der Waals surface area contributed by atoms with Crippen molar-refractivity contribution in [2.45, 2.75) is 51.3 Å². The molecule has 19 heavy (non-hydrogen) atoms. The number of nitrogens with one attached hydrogen (secondary N) is 1. The van der Waals surface area contributed by atoms with Crippen molar-refractivity contribution >= 4 is 0 Å². The van der Waals surface area contributed by atoms with E-state index in [4.69, 9.17) is 0 Å². The van der Waals surface area contributed by atoms with Crippen molar-refractivity contribution in [1.29, 1.82) is 0 Å². The Bertz CT molecular complexity index is 424. The molecule has 2 nitrogen and oxygen atoms in total. The first-order valence-corrected chi connectivity index (χ1v) is 7.14. The van der Waals surface area contributed by atoms with E-state index in [1.54, 1.807) is 0 Å². The van der Waals surface area contributed by atoms with E-state index < -0.39 is 5.60 Å². The molecule has 1 fully saturated rings. The largest absolute Gasteiger partial charge is 0.389 e. The Hall–Kier alpha value is -1.12. The molecule has 0 bridgehead atoms. The molecule has 2 heteroatoms. The molecule has 2 rings (SSSR count). The molecule has 0 amide bonds. The molecular weight excluding hydrogens is 234 g/mol. The van der Waals surface area contributed by atoms with Crippen LogP contribution in [0.3, 0.4) is 0 Å². The number of hydrogen-bond acceptors (Lipinski definition) is 2. The third-order valence-corrected chi connectivity index (χ3v) is 4.36. The molecule has 1 saturated carbocycles. The maximum Gasteiger partial charge on any atom is 0.0772 e. The molecule has 0 spiro atoms. The molecule has 2 N–H and O–H groups in total. The van der Waals surface area contributed by atoms with E-state index in [-0.39, 0.29) is 6.04 Å². The Balaban J connectivity index is 1.97. The minimum Gasteiger partial charge on any atom is -0.389 e. The van der Waals surface area contributed by atoms with Crippen molar-refractivity contribution in [3.8, 4) is 0 Å². The maximum absolute atomic E-state index is 10.5. The summed E-state index contributed by atoms with van der Waals surface area (Å²) in [5.74, 6) is 0.536. The molecule has 0 saturated heterocycles. The lowest BCUT2D eigenvalue weighted by Crippen LogP contribution is -2.52.